The first-order valence-corrected chi connectivity index (χ1v) is 6.71. The molecule has 1 saturated carbocycles. The summed E-state index contributed by atoms with van der Waals surface area (Å²) in [7, 11) is 0. The zero-order valence-corrected chi connectivity index (χ0v) is 10.1. The molecule has 3 nitrogen and oxygen atoms in total. The van der Waals surface area contributed by atoms with Crippen molar-refractivity contribution < 1.29 is 0 Å². The Bertz CT molecular complexity index is 305. The number of nitrogens with zero attached hydrogens (tertiary/aromatic N) is 2. The van der Waals surface area contributed by atoms with Gasteiger partial charge in [-0.1, -0.05) is 37.5 Å². The lowest BCUT2D eigenvalue weighted by Crippen LogP contribution is -2.07. The number of nitrogens with two attached hydrogens (primary N) is 1. The third-order valence-electron chi connectivity index (χ3n) is 3.17. The second-order valence-corrected chi connectivity index (χ2v) is 5.37. The van der Waals surface area contributed by atoms with E-state index in [1.54, 1.807) is 11.3 Å². The van der Waals surface area contributed by atoms with Gasteiger partial charge in [-0.2, -0.15) is 0 Å². The van der Waals surface area contributed by atoms with Crippen LogP contribution < -0.4 is 5.73 Å². The van der Waals surface area contributed by atoms with Gasteiger partial charge >= 0.3 is 0 Å². The number of hydrogen-bond acceptors (Lipinski definition) is 4. The van der Waals surface area contributed by atoms with Gasteiger partial charge < -0.3 is 5.73 Å². The van der Waals surface area contributed by atoms with Crippen molar-refractivity contribution in [2.24, 2.45) is 5.73 Å². The van der Waals surface area contributed by atoms with Crippen molar-refractivity contribution in [2.45, 2.75) is 57.4 Å². The van der Waals surface area contributed by atoms with Gasteiger partial charge in [-0.25, -0.2) is 0 Å². The molecule has 0 aliphatic heterocycles. The van der Waals surface area contributed by atoms with E-state index in [-0.39, 0.29) is 6.04 Å². The van der Waals surface area contributed by atoms with Crippen LogP contribution >= 0.6 is 11.3 Å². The minimum atomic E-state index is 0.0832. The molecule has 1 aromatic rings. The van der Waals surface area contributed by atoms with Gasteiger partial charge in [-0.05, 0) is 19.3 Å². The molecule has 1 heterocycles. The summed E-state index contributed by atoms with van der Waals surface area (Å²) >= 11 is 1.72. The summed E-state index contributed by atoms with van der Waals surface area (Å²) in [5.41, 5.74) is 5.95. The van der Waals surface area contributed by atoms with Crippen LogP contribution in [0.1, 0.15) is 67.4 Å². The maximum absolute atomic E-state index is 5.95. The average molecular weight is 225 g/mol. The molecule has 1 aliphatic carbocycles. The largest absolute Gasteiger partial charge is 0.322 e. The van der Waals surface area contributed by atoms with Crippen LogP contribution in [0.15, 0.2) is 0 Å². The van der Waals surface area contributed by atoms with Gasteiger partial charge in [-0.15, -0.1) is 10.2 Å². The maximum Gasteiger partial charge on any atom is 0.134 e. The smallest absolute Gasteiger partial charge is 0.134 e. The van der Waals surface area contributed by atoms with Crippen molar-refractivity contribution in [2.75, 3.05) is 0 Å². The summed E-state index contributed by atoms with van der Waals surface area (Å²) in [6, 6.07) is 0.0832. The Labute approximate surface area is 95.1 Å². The highest BCUT2D eigenvalue weighted by molar-refractivity contribution is 7.11. The molecule has 2 rings (SSSR count). The molecule has 15 heavy (non-hydrogen) atoms. The van der Waals surface area contributed by atoms with Gasteiger partial charge in [0.25, 0.3) is 0 Å². The monoisotopic (exact) mass is 225 g/mol. The Morgan fingerprint density at radius 2 is 2.07 bits per heavy atom. The van der Waals surface area contributed by atoms with E-state index in [1.165, 1.54) is 37.1 Å². The fraction of sp³-hybridized carbons (Fsp3) is 0.818. The van der Waals surface area contributed by atoms with Crippen molar-refractivity contribution in [3.63, 3.8) is 0 Å². The van der Waals surface area contributed by atoms with Crippen LogP contribution in [0.4, 0.5) is 0 Å². The first-order valence-electron chi connectivity index (χ1n) is 5.90. The van der Waals surface area contributed by atoms with Gasteiger partial charge in [0, 0.05) is 5.92 Å². The molecule has 1 aliphatic rings. The molecule has 0 aromatic carbocycles. The van der Waals surface area contributed by atoms with Gasteiger partial charge in [0.15, 0.2) is 0 Å². The molecule has 0 bridgehead atoms. The summed E-state index contributed by atoms with van der Waals surface area (Å²) in [6.45, 7) is 2.09. The van der Waals surface area contributed by atoms with Crippen molar-refractivity contribution in [1.82, 2.24) is 10.2 Å². The summed E-state index contributed by atoms with van der Waals surface area (Å²) in [4.78, 5) is 0. The normalized spacial score (nSPS) is 20.4. The van der Waals surface area contributed by atoms with E-state index in [0.29, 0.717) is 5.92 Å². The second-order valence-electron chi connectivity index (χ2n) is 4.33. The summed E-state index contributed by atoms with van der Waals surface area (Å²) in [5.74, 6) is 0.661. The van der Waals surface area contributed by atoms with Crippen LogP contribution in [0.25, 0.3) is 0 Å². The van der Waals surface area contributed by atoms with Crippen molar-refractivity contribution in [1.29, 1.82) is 0 Å². The standard InChI is InChI=1S/C11H19N3S/c1-2-9(12)11-14-13-10(15-11)8-6-4-3-5-7-8/h8-9H,2-7,12H2,1H3. The lowest BCUT2D eigenvalue weighted by molar-refractivity contribution is 0.440. The van der Waals surface area contributed by atoms with Crippen LogP contribution in [0.3, 0.4) is 0 Å². The molecule has 84 valence electrons. The molecule has 1 unspecified atom stereocenters. The lowest BCUT2D eigenvalue weighted by Gasteiger charge is -2.18. The predicted octanol–water partition coefficient (Wildman–Crippen LogP) is 3.00. The van der Waals surface area contributed by atoms with E-state index in [1.807, 2.05) is 0 Å². The molecule has 1 atom stereocenters. The third-order valence-corrected chi connectivity index (χ3v) is 4.39. The molecule has 0 saturated heterocycles. The van der Waals surface area contributed by atoms with E-state index in [4.69, 9.17) is 5.73 Å². The van der Waals surface area contributed by atoms with Crippen molar-refractivity contribution in [3.05, 3.63) is 10.0 Å². The molecular weight excluding hydrogens is 206 g/mol. The molecule has 1 fully saturated rings. The van der Waals surface area contributed by atoms with Crippen molar-refractivity contribution in [3.8, 4) is 0 Å². The molecule has 1 aromatic heterocycles. The van der Waals surface area contributed by atoms with E-state index in [0.717, 1.165) is 11.4 Å². The third kappa shape index (κ3) is 2.55. The maximum atomic E-state index is 5.95. The summed E-state index contributed by atoms with van der Waals surface area (Å²) in [6.07, 6.45) is 7.60. The highest BCUT2D eigenvalue weighted by atomic mass is 32.1. The van der Waals surface area contributed by atoms with Gasteiger partial charge in [0.2, 0.25) is 0 Å². The highest BCUT2D eigenvalue weighted by Gasteiger charge is 2.20. The molecular formula is C11H19N3S. The quantitative estimate of drug-likeness (QED) is 0.860. The number of hydrogen-bond donors (Lipinski definition) is 1. The van der Waals surface area contributed by atoms with E-state index in [2.05, 4.69) is 17.1 Å². The van der Waals surface area contributed by atoms with E-state index < -0.39 is 0 Å². The second kappa shape index (κ2) is 5.03. The van der Waals surface area contributed by atoms with Crippen LogP contribution in [0.5, 0.6) is 0 Å². The van der Waals surface area contributed by atoms with Gasteiger partial charge in [0.05, 0.1) is 6.04 Å². The number of aromatic nitrogens is 2. The Morgan fingerprint density at radius 1 is 1.33 bits per heavy atom. The molecule has 0 spiro atoms. The number of rotatable bonds is 3. The van der Waals surface area contributed by atoms with Crippen LogP contribution in [0, 0.1) is 0 Å². The molecule has 2 N–H and O–H groups in total. The minimum Gasteiger partial charge on any atom is -0.322 e. The fourth-order valence-corrected chi connectivity index (χ4v) is 3.18. The SMILES string of the molecule is CCC(N)c1nnc(C2CCCCC2)s1. The Morgan fingerprint density at radius 3 is 2.73 bits per heavy atom. The lowest BCUT2D eigenvalue weighted by atomic mass is 9.90. The molecule has 0 amide bonds. The Hall–Kier alpha value is -0.480. The zero-order chi connectivity index (χ0) is 10.7. The molecule has 4 heteroatoms. The highest BCUT2D eigenvalue weighted by Crippen LogP contribution is 2.35. The molecule has 0 radical (unpaired) electrons. The average Bonchev–Trinajstić information content (AvgIpc) is 2.78. The summed E-state index contributed by atoms with van der Waals surface area (Å²) < 4.78 is 0. The topological polar surface area (TPSA) is 51.8 Å². The van der Waals surface area contributed by atoms with Gasteiger partial charge in [0.1, 0.15) is 10.0 Å². The minimum absolute atomic E-state index is 0.0832. The van der Waals surface area contributed by atoms with E-state index in [9.17, 15) is 0 Å². The Kier molecular flexibility index (Phi) is 3.70. The van der Waals surface area contributed by atoms with Gasteiger partial charge in [-0.3, -0.25) is 0 Å². The van der Waals surface area contributed by atoms with Crippen LogP contribution in [-0.2, 0) is 0 Å². The first-order chi connectivity index (χ1) is 7.31. The fourth-order valence-electron chi connectivity index (χ4n) is 2.09. The zero-order valence-electron chi connectivity index (χ0n) is 9.28. The first kappa shape index (κ1) is 11.0. The van der Waals surface area contributed by atoms with Crippen LogP contribution in [-0.4, -0.2) is 10.2 Å². The predicted molar refractivity (Wildman–Crippen MR) is 63.0 cm³/mol. The van der Waals surface area contributed by atoms with Crippen LogP contribution in [0.2, 0.25) is 0 Å². The van der Waals surface area contributed by atoms with Crippen molar-refractivity contribution >= 4 is 11.3 Å². The summed E-state index contributed by atoms with van der Waals surface area (Å²) in [5, 5.41) is 10.7. The Balaban J connectivity index is 2.05. The van der Waals surface area contributed by atoms with E-state index >= 15 is 0 Å².